The van der Waals surface area contributed by atoms with Gasteiger partial charge in [-0.2, -0.15) is 0 Å². The molecule has 0 radical (unpaired) electrons. The number of carbonyl (C=O) groups excluding carboxylic acids is 1. The normalized spacial score (nSPS) is 15.0. The van der Waals surface area contributed by atoms with Gasteiger partial charge in [-0.05, 0) is 47.9 Å². The summed E-state index contributed by atoms with van der Waals surface area (Å²) < 4.78 is 15.6. The zero-order valence-electron chi connectivity index (χ0n) is 14.2. The fourth-order valence-electron chi connectivity index (χ4n) is 2.50. The summed E-state index contributed by atoms with van der Waals surface area (Å²) in [7, 11) is 3.25. The van der Waals surface area contributed by atoms with Gasteiger partial charge in [-0.1, -0.05) is 24.3 Å². The summed E-state index contributed by atoms with van der Waals surface area (Å²) in [5.74, 6) is 1.59. The molecule has 0 amide bonds. The number of aliphatic imine (C=N–C) groups is 1. The molecule has 0 atom stereocenters. The van der Waals surface area contributed by atoms with Crippen molar-refractivity contribution in [3.8, 4) is 11.5 Å². The topological polar surface area (TPSA) is 57.1 Å². The van der Waals surface area contributed by atoms with E-state index in [1.807, 2.05) is 48.5 Å². The van der Waals surface area contributed by atoms with Crippen molar-refractivity contribution < 1.29 is 19.0 Å². The number of cyclic esters (lactones) is 1. The number of esters is 1. The minimum Gasteiger partial charge on any atom is -0.497 e. The maximum absolute atomic E-state index is 12.0. The van der Waals surface area contributed by atoms with Gasteiger partial charge >= 0.3 is 5.97 Å². The Morgan fingerprint density at radius 3 is 2.48 bits per heavy atom. The molecular formula is C20H19NO4. The van der Waals surface area contributed by atoms with Gasteiger partial charge < -0.3 is 14.2 Å². The van der Waals surface area contributed by atoms with Crippen LogP contribution in [0.2, 0.25) is 0 Å². The van der Waals surface area contributed by atoms with Crippen LogP contribution in [0.5, 0.6) is 11.5 Å². The lowest BCUT2D eigenvalue weighted by molar-refractivity contribution is -0.130. The second-order valence-corrected chi connectivity index (χ2v) is 5.55. The van der Waals surface area contributed by atoms with E-state index in [-0.39, 0.29) is 0 Å². The Balaban J connectivity index is 1.67. The van der Waals surface area contributed by atoms with Crippen molar-refractivity contribution in [2.24, 2.45) is 4.99 Å². The Labute approximate surface area is 146 Å². The molecule has 0 bridgehead atoms. The summed E-state index contributed by atoms with van der Waals surface area (Å²) in [6.07, 6.45) is 2.98. The Hall–Kier alpha value is -3.08. The summed E-state index contributed by atoms with van der Waals surface area (Å²) >= 11 is 0. The van der Waals surface area contributed by atoms with Crippen LogP contribution in [-0.4, -0.2) is 26.1 Å². The number of hydrogen-bond acceptors (Lipinski definition) is 5. The summed E-state index contributed by atoms with van der Waals surface area (Å²) in [5.41, 5.74) is 2.28. The van der Waals surface area contributed by atoms with E-state index in [9.17, 15) is 4.79 Å². The standard InChI is InChI=1S/C20H19NO4/c1-23-16-9-6-15(7-10-16)13-18-20(22)25-19(21-18)11-8-14-4-3-5-17(12-14)24-2/h3-7,9-10,12-13H,8,11H2,1-2H3/b18-13+. The lowest BCUT2D eigenvalue weighted by Crippen LogP contribution is -2.05. The maximum atomic E-state index is 12.0. The number of benzene rings is 2. The van der Waals surface area contributed by atoms with Gasteiger partial charge in [-0.3, -0.25) is 0 Å². The van der Waals surface area contributed by atoms with E-state index < -0.39 is 5.97 Å². The van der Waals surface area contributed by atoms with Crippen LogP contribution in [0.3, 0.4) is 0 Å². The molecular weight excluding hydrogens is 318 g/mol. The quantitative estimate of drug-likeness (QED) is 0.596. The van der Waals surface area contributed by atoms with Crippen LogP contribution in [0.1, 0.15) is 17.5 Å². The molecule has 25 heavy (non-hydrogen) atoms. The molecule has 0 aromatic heterocycles. The predicted molar refractivity (Wildman–Crippen MR) is 95.8 cm³/mol. The van der Waals surface area contributed by atoms with E-state index >= 15 is 0 Å². The lowest BCUT2D eigenvalue weighted by atomic mass is 10.1. The molecule has 0 N–H and O–H groups in total. The summed E-state index contributed by atoms with van der Waals surface area (Å²) in [4.78, 5) is 16.3. The monoisotopic (exact) mass is 337 g/mol. The Bertz CT molecular complexity index is 822. The van der Waals surface area contributed by atoms with Crippen molar-refractivity contribution in [1.82, 2.24) is 0 Å². The Morgan fingerprint density at radius 2 is 1.76 bits per heavy atom. The van der Waals surface area contributed by atoms with Gasteiger partial charge in [0, 0.05) is 6.42 Å². The highest BCUT2D eigenvalue weighted by Crippen LogP contribution is 2.20. The third-order valence-corrected chi connectivity index (χ3v) is 3.85. The molecule has 1 heterocycles. The number of ether oxygens (including phenoxy) is 3. The smallest absolute Gasteiger partial charge is 0.363 e. The third kappa shape index (κ3) is 4.26. The van der Waals surface area contributed by atoms with Crippen molar-refractivity contribution in [2.45, 2.75) is 12.8 Å². The first-order valence-electron chi connectivity index (χ1n) is 7.96. The molecule has 5 nitrogen and oxygen atoms in total. The first-order chi connectivity index (χ1) is 12.2. The lowest BCUT2D eigenvalue weighted by Gasteiger charge is -2.03. The molecule has 5 heteroatoms. The fourth-order valence-corrected chi connectivity index (χ4v) is 2.50. The second-order valence-electron chi connectivity index (χ2n) is 5.55. The van der Waals surface area contributed by atoms with Crippen LogP contribution in [0.25, 0.3) is 6.08 Å². The number of hydrogen-bond donors (Lipinski definition) is 0. The number of rotatable bonds is 6. The number of aryl methyl sites for hydroxylation is 1. The average Bonchev–Trinajstić information content (AvgIpc) is 3.00. The minimum absolute atomic E-state index is 0.311. The van der Waals surface area contributed by atoms with Crippen LogP contribution >= 0.6 is 0 Å². The van der Waals surface area contributed by atoms with Crippen molar-refractivity contribution in [2.75, 3.05) is 14.2 Å². The Kier molecular flexibility index (Phi) is 5.14. The van der Waals surface area contributed by atoms with E-state index in [0.29, 0.717) is 18.0 Å². The molecule has 1 aliphatic rings. The summed E-state index contributed by atoms with van der Waals surface area (Å²) in [6, 6.07) is 15.2. The van der Waals surface area contributed by atoms with Crippen LogP contribution in [0.15, 0.2) is 59.2 Å². The van der Waals surface area contributed by atoms with Gasteiger partial charge in [0.2, 0.25) is 0 Å². The van der Waals surface area contributed by atoms with Gasteiger partial charge in [-0.25, -0.2) is 9.79 Å². The van der Waals surface area contributed by atoms with E-state index in [1.165, 1.54) is 0 Å². The zero-order valence-corrected chi connectivity index (χ0v) is 14.2. The summed E-state index contributed by atoms with van der Waals surface area (Å²) in [5, 5.41) is 0. The molecule has 2 aromatic rings. The van der Waals surface area contributed by atoms with Crippen molar-refractivity contribution in [1.29, 1.82) is 0 Å². The van der Waals surface area contributed by atoms with Gasteiger partial charge in [0.15, 0.2) is 11.6 Å². The number of nitrogens with zero attached hydrogens (tertiary/aromatic N) is 1. The van der Waals surface area contributed by atoms with Crippen molar-refractivity contribution in [3.05, 3.63) is 65.4 Å². The van der Waals surface area contributed by atoms with E-state index in [4.69, 9.17) is 14.2 Å². The molecule has 0 fully saturated rings. The largest absolute Gasteiger partial charge is 0.497 e. The van der Waals surface area contributed by atoms with Crippen molar-refractivity contribution in [3.63, 3.8) is 0 Å². The number of methoxy groups -OCH3 is 2. The van der Waals surface area contributed by atoms with Crippen LogP contribution in [0, 0.1) is 0 Å². The van der Waals surface area contributed by atoms with Gasteiger partial charge in [0.25, 0.3) is 0 Å². The molecule has 128 valence electrons. The minimum atomic E-state index is -0.420. The zero-order chi connectivity index (χ0) is 17.6. The average molecular weight is 337 g/mol. The van der Waals surface area contributed by atoms with Gasteiger partial charge in [0.05, 0.1) is 14.2 Å². The first-order valence-corrected chi connectivity index (χ1v) is 7.96. The summed E-state index contributed by atoms with van der Waals surface area (Å²) in [6.45, 7) is 0. The third-order valence-electron chi connectivity index (χ3n) is 3.85. The molecule has 0 unspecified atom stereocenters. The van der Waals surface area contributed by atoms with E-state index in [0.717, 1.165) is 29.0 Å². The van der Waals surface area contributed by atoms with Crippen molar-refractivity contribution >= 4 is 17.9 Å². The van der Waals surface area contributed by atoms with Crippen LogP contribution in [0.4, 0.5) is 0 Å². The molecule has 1 aliphatic heterocycles. The van der Waals surface area contributed by atoms with Crippen LogP contribution < -0.4 is 9.47 Å². The molecule has 0 aliphatic carbocycles. The molecule has 2 aromatic carbocycles. The Morgan fingerprint density at radius 1 is 1.00 bits per heavy atom. The second kappa shape index (κ2) is 7.66. The van der Waals surface area contributed by atoms with Crippen LogP contribution in [-0.2, 0) is 16.0 Å². The van der Waals surface area contributed by atoms with Gasteiger partial charge in [0.1, 0.15) is 11.5 Å². The molecule has 0 saturated heterocycles. The molecule has 0 saturated carbocycles. The fraction of sp³-hybridized carbons (Fsp3) is 0.200. The highest BCUT2D eigenvalue weighted by Gasteiger charge is 2.22. The van der Waals surface area contributed by atoms with E-state index in [1.54, 1.807) is 20.3 Å². The van der Waals surface area contributed by atoms with Gasteiger partial charge in [-0.15, -0.1) is 0 Å². The van der Waals surface area contributed by atoms with E-state index in [2.05, 4.69) is 4.99 Å². The maximum Gasteiger partial charge on any atom is 0.363 e. The SMILES string of the molecule is COc1ccc(/C=C2/N=C(CCc3cccc(OC)c3)OC2=O)cc1. The first kappa shape index (κ1) is 16.8. The molecule has 3 rings (SSSR count). The number of carbonyl (C=O) groups is 1. The highest BCUT2D eigenvalue weighted by molar-refractivity contribution is 6.07. The predicted octanol–water partition coefficient (Wildman–Crippen LogP) is 3.63. The highest BCUT2D eigenvalue weighted by atomic mass is 16.6. The molecule has 0 spiro atoms.